The molecule has 1 aliphatic rings. The second-order valence-corrected chi connectivity index (χ2v) is 6.47. The molecule has 3 rings (SSSR count). The average molecular weight is 395 g/mol. The number of anilines is 1. The van der Waals surface area contributed by atoms with E-state index in [0.717, 1.165) is 6.07 Å². The molecule has 1 atom stereocenters. The molecule has 1 N–H and O–H groups in total. The molecule has 1 aromatic heterocycles. The summed E-state index contributed by atoms with van der Waals surface area (Å²) in [7, 11) is 0. The van der Waals surface area contributed by atoms with Gasteiger partial charge in [0.1, 0.15) is 11.6 Å². The van der Waals surface area contributed by atoms with E-state index < -0.39 is 30.2 Å². The third-order valence-corrected chi connectivity index (χ3v) is 4.26. The third-order valence-electron chi connectivity index (χ3n) is 4.02. The smallest absolute Gasteiger partial charge is 0.311 e. The molecule has 2 amide bonds. The molecule has 1 aliphatic heterocycles. The van der Waals surface area contributed by atoms with Crippen molar-refractivity contribution >= 4 is 35.1 Å². The van der Waals surface area contributed by atoms with Gasteiger partial charge in [-0.1, -0.05) is 11.6 Å². The second-order valence-electron chi connectivity index (χ2n) is 6.03. The minimum Gasteiger partial charge on any atom is -0.467 e. The summed E-state index contributed by atoms with van der Waals surface area (Å²) in [4.78, 5) is 37.5. The number of nitrogens with zero attached hydrogens (tertiary/aromatic N) is 1. The Kier molecular flexibility index (Phi) is 5.75. The van der Waals surface area contributed by atoms with Gasteiger partial charge in [0.05, 0.1) is 24.4 Å². The fraction of sp³-hybridized carbons (Fsp3) is 0.278. The average Bonchev–Trinajstić information content (AvgIpc) is 3.27. The number of halogens is 2. The zero-order chi connectivity index (χ0) is 19.4. The normalized spacial score (nSPS) is 16.4. The molecule has 0 saturated carbocycles. The minimum absolute atomic E-state index is 0.00405. The van der Waals surface area contributed by atoms with Gasteiger partial charge in [-0.15, -0.1) is 0 Å². The van der Waals surface area contributed by atoms with Crippen LogP contribution in [0.25, 0.3) is 0 Å². The molecule has 0 radical (unpaired) electrons. The summed E-state index contributed by atoms with van der Waals surface area (Å²) in [6, 6.07) is 7.15. The lowest BCUT2D eigenvalue weighted by molar-refractivity contribution is -0.151. The number of ether oxygens (including phenoxy) is 1. The molecule has 2 heterocycles. The van der Waals surface area contributed by atoms with Crippen LogP contribution < -0.4 is 5.32 Å². The van der Waals surface area contributed by atoms with E-state index in [4.69, 9.17) is 20.8 Å². The zero-order valence-electron chi connectivity index (χ0n) is 14.1. The highest BCUT2D eigenvalue weighted by molar-refractivity contribution is 6.30. The molecule has 0 spiro atoms. The number of carbonyl (C=O) groups excluding carboxylic acids is 3. The highest BCUT2D eigenvalue weighted by Crippen LogP contribution is 2.22. The molecule has 0 aliphatic carbocycles. The van der Waals surface area contributed by atoms with Crippen molar-refractivity contribution in [1.82, 2.24) is 4.90 Å². The van der Waals surface area contributed by atoms with Gasteiger partial charge in [-0.05, 0) is 30.3 Å². The topological polar surface area (TPSA) is 88.9 Å². The first-order chi connectivity index (χ1) is 12.9. The Morgan fingerprint density at radius 2 is 2.19 bits per heavy atom. The first-order valence-corrected chi connectivity index (χ1v) is 8.52. The van der Waals surface area contributed by atoms with Crippen molar-refractivity contribution in [1.29, 1.82) is 0 Å². The van der Waals surface area contributed by atoms with Crippen LogP contribution >= 0.6 is 11.6 Å². The Morgan fingerprint density at radius 1 is 1.37 bits per heavy atom. The number of rotatable bonds is 6. The maximum atomic E-state index is 13.6. The van der Waals surface area contributed by atoms with Gasteiger partial charge in [-0.25, -0.2) is 4.39 Å². The van der Waals surface area contributed by atoms with E-state index in [9.17, 15) is 18.8 Å². The van der Waals surface area contributed by atoms with Gasteiger partial charge in [-0.2, -0.15) is 0 Å². The molecular weight excluding hydrogens is 379 g/mol. The van der Waals surface area contributed by atoms with Crippen LogP contribution in [0.1, 0.15) is 12.2 Å². The first-order valence-electron chi connectivity index (χ1n) is 8.14. The van der Waals surface area contributed by atoms with Crippen molar-refractivity contribution in [2.24, 2.45) is 5.92 Å². The predicted molar refractivity (Wildman–Crippen MR) is 93.2 cm³/mol. The Labute approximate surface area is 159 Å². The van der Waals surface area contributed by atoms with Crippen molar-refractivity contribution in [2.75, 3.05) is 18.5 Å². The van der Waals surface area contributed by atoms with Crippen LogP contribution in [0, 0.1) is 11.7 Å². The summed E-state index contributed by atoms with van der Waals surface area (Å²) < 4.78 is 23.7. The number of hydrogen-bond donors (Lipinski definition) is 1. The molecule has 27 heavy (non-hydrogen) atoms. The predicted octanol–water partition coefficient (Wildman–Crippen LogP) is 2.60. The molecular formula is C18H16ClFN2O5. The van der Waals surface area contributed by atoms with Crippen LogP contribution in [-0.2, 0) is 25.7 Å². The molecule has 0 bridgehead atoms. The molecule has 142 valence electrons. The number of carbonyl (C=O) groups is 3. The molecule has 1 saturated heterocycles. The molecule has 1 fully saturated rings. The number of nitrogens with one attached hydrogen (secondary N) is 1. The van der Waals surface area contributed by atoms with Crippen molar-refractivity contribution in [2.45, 2.75) is 13.0 Å². The van der Waals surface area contributed by atoms with Crippen LogP contribution in [0.3, 0.4) is 0 Å². The fourth-order valence-corrected chi connectivity index (χ4v) is 2.88. The molecule has 7 nitrogen and oxygen atoms in total. The Balaban J connectivity index is 1.48. The molecule has 9 heteroatoms. The highest BCUT2D eigenvalue weighted by atomic mass is 35.5. The number of hydrogen-bond acceptors (Lipinski definition) is 5. The lowest BCUT2D eigenvalue weighted by Crippen LogP contribution is -2.28. The highest BCUT2D eigenvalue weighted by Gasteiger charge is 2.35. The van der Waals surface area contributed by atoms with Crippen LogP contribution in [0.5, 0.6) is 0 Å². The SMILES string of the molecule is O=C(COC(=O)[C@@H]1CC(=O)N(Cc2ccco2)C1)Nc1cc(Cl)ccc1F. The van der Waals surface area contributed by atoms with E-state index in [0.29, 0.717) is 5.76 Å². The van der Waals surface area contributed by atoms with Gasteiger partial charge in [0.2, 0.25) is 5.91 Å². The first kappa shape index (κ1) is 18.9. The van der Waals surface area contributed by atoms with E-state index in [-0.39, 0.29) is 36.1 Å². The van der Waals surface area contributed by atoms with E-state index in [2.05, 4.69) is 5.32 Å². The van der Waals surface area contributed by atoms with Gasteiger partial charge in [0.25, 0.3) is 5.91 Å². The third kappa shape index (κ3) is 4.85. The zero-order valence-corrected chi connectivity index (χ0v) is 14.9. The maximum absolute atomic E-state index is 13.6. The maximum Gasteiger partial charge on any atom is 0.311 e. The Hall–Kier alpha value is -2.87. The number of likely N-dealkylation sites (tertiary alicyclic amines) is 1. The summed E-state index contributed by atoms with van der Waals surface area (Å²) in [6.45, 7) is -0.138. The summed E-state index contributed by atoms with van der Waals surface area (Å²) in [6.07, 6.45) is 1.51. The lowest BCUT2D eigenvalue weighted by Gasteiger charge is -2.14. The van der Waals surface area contributed by atoms with Crippen molar-refractivity contribution in [3.63, 3.8) is 0 Å². The van der Waals surface area contributed by atoms with E-state index in [1.807, 2.05) is 0 Å². The number of benzene rings is 1. The quantitative estimate of drug-likeness (QED) is 0.761. The monoisotopic (exact) mass is 394 g/mol. The summed E-state index contributed by atoms with van der Waals surface area (Å²) >= 11 is 5.75. The Bertz CT molecular complexity index is 855. The van der Waals surface area contributed by atoms with Gasteiger partial charge in [0, 0.05) is 18.0 Å². The summed E-state index contributed by atoms with van der Waals surface area (Å²) in [5, 5.41) is 2.53. The largest absolute Gasteiger partial charge is 0.467 e. The molecule has 0 unspecified atom stereocenters. The van der Waals surface area contributed by atoms with Crippen molar-refractivity contribution in [3.8, 4) is 0 Å². The number of esters is 1. The minimum atomic E-state index is -0.707. The molecule has 2 aromatic rings. The van der Waals surface area contributed by atoms with E-state index in [1.165, 1.54) is 23.3 Å². The van der Waals surface area contributed by atoms with Gasteiger partial charge < -0.3 is 19.4 Å². The molecule has 1 aromatic carbocycles. The number of furan rings is 1. The van der Waals surface area contributed by atoms with Crippen molar-refractivity contribution < 1.29 is 27.9 Å². The second kappa shape index (κ2) is 8.22. The summed E-state index contributed by atoms with van der Waals surface area (Å²) in [5.74, 6) is -2.27. The van der Waals surface area contributed by atoms with Crippen LogP contribution in [-0.4, -0.2) is 35.8 Å². The lowest BCUT2D eigenvalue weighted by atomic mass is 10.1. The standard InChI is InChI=1S/C18H16ClFN2O5/c19-12-3-4-14(20)15(7-12)21-16(23)10-27-18(25)11-6-17(24)22(8-11)9-13-2-1-5-26-13/h1-5,7,11H,6,8-10H2,(H,21,23)/t11-/m1/s1. The van der Waals surface area contributed by atoms with Crippen molar-refractivity contribution in [3.05, 3.63) is 53.2 Å². The number of amides is 2. The Morgan fingerprint density at radius 3 is 2.93 bits per heavy atom. The van der Waals surface area contributed by atoms with Gasteiger partial charge in [0.15, 0.2) is 6.61 Å². The van der Waals surface area contributed by atoms with Gasteiger partial charge in [-0.3, -0.25) is 14.4 Å². The fourth-order valence-electron chi connectivity index (χ4n) is 2.71. The van der Waals surface area contributed by atoms with Crippen LogP contribution in [0.2, 0.25) is 5.02 Å². The van der Waals surface area contributed by atoms with Gasteiger partial charge >= 0.3 is 5.97 Å². The summed E-state index contributed by atoms with van der Waals surface area (Å²) in [5.41, 5.74) is -0.107. The van der Waals surface area contributed by atoms with Crippen LogP contribution in [0.15, 0.2) is 41.0 Å². The van der Waals surface area contributed by atoms with E-state index >= 15 is 0 Å². The van der Waals surface area contributed by atoms with E-state index in [1.54, 1.807) is 12.1 Å². The van der Waals surface area contributed by atoms with Crippen LogP contribution in [0.4, 0.5) is 10.1 Å².